The van der Waals surface area contributed by atoms with Gasteiger partial charge in [0.25, 0.3) is 5.91 Å². The molecule has 20 heavy (non-hydrogen) atoms. The van der Waals surface area contributed by atoms with Gasteiger partial charge in [0.2, 0.25) is 0 Å². The van der Waals surface area contributed by atoms with E-state index in [1.54, 1.807) is 6.20 Å². The number of fused-ring (bicyclic) bond motifs is 1. The number of rotatable bonds is 4. The molecule has 0 aliphatic carbocycles. The predicted molar refractivity (Wildman–Crippen MR) is 81.5 cm³/mol. The van der Waals surface area contributed by atoms with E-state index in [4.69, 9.17) is 5.73 Å². The molecule has 1 atom stereocenters. The van der Waals surface area contributed by atoms with Gasteiger partial charge in [-0.3, -0.25) is 9.78 Å². The van der Waals surface area contributed by atoms with Crippen LogP contribution in [0.2, 0.25) is 0 Å². The van der Waals surface area contributed by atoms with E-state index in [9.17, 15) is 4.79 Å². The molecular weight excluding hydrogens is 250 g/mol. The van der Waals surface area contributed by atoms with Gasteiger partial charge in [0.1, 0.15) is 0 Å². The van der Waals surface area contributed by atoms with Gasteiger partial charge in [-0.05, 0) is 31.0 Å². The Morgan fingerprint density at radius 2 is 2.10 bits per heavy atom. The van der Waals surface area contributed by atoms with Gasteiger partial charge >= 0.3 is 0 Å². The molecule has 0 spiro atoms. The summed E-state index contributed by atoms with van der Waals surface area (Å²) in [6.45, 7) is 6.48. The lowest BCUT2D eigenvalue weighted by Crippen LogP contribution is -2.55. The molecule has 3 N–H and O–H groups in total. The maximum Gasteiger partial charge on any atom is 0.252 e. The highest BCUT2D eigenvalue weighted by Crippen LogP contribution is 2.19. The van der Waals surface area contributed by atoms with Crippen molar-refractivity contribution in [1.82, 2.24) is 10.3 Å². The summed E-state index contributed by atoms with van der Waals surface area (Å²) < 4.78 is 0. The molecule has 0 fully saturated rings. The normalized spacial score (nSPS) is 14.2. The minimum Gasteiger partial charge on any atom is -0.345 e. The molecule has 0 radical (unpaired) electrons. The zero-order valence-corrected chi connectivity index (χ0v) is 12.2. The van der Waals surface area contributed by atoms with Crippen LogP contribution in [0.4, 0.5) is 0 Å². The first kappa shape index (κ1) is 14.5. The van der Waals surface area contributed by atoms with Crippen molar-refractivity contribution in [2.24, 2.45) is 11.7 Å². The zero-order valence-electron chi connectivity index (χ0n) is 12.2. The van der Waals surface area contributed by atoms with Crippen LogP contribution in [0.25, 0.3) is 10.9 Å². The maximum atomic E-state index is 12.5. The molecule has 0 saturated heterocycles. The Morgan fingerprint density at radius 1 is 1.35 bits per heavy atom. The average Bonchev–Trinajstić information content (AvgIpc) is 2.46. The number of carbonyl (C=O) groups is 1. The van der Waals surface area contributed by atoms with Crippen LogP contribution in [-0.2, 0) is 0 Å². The minimum absolute atomic E-state index is 0.106. The fourth-order valence-electron chi connectivity index (χ4n) is 2.06. The number of nitrogens with zero attached hydrogens (tertiary/aromatic N) is 1. The lowest BCUT2D eigenvalue weighted by molar-refractivity contribution is 0.0885. The monoisotopic (exact) mass is 271 g/mol. The predicted octanol–water partition coefficient (Wildman–Crippen LogP) is 2.34. The second-order valence-corrected chi connectivity index (χ2v) is 5.61. The number of amides is 1. The van der Waals surface area contributed by atoms with Crippen LogP contribution in [0.1, 0.15) is 31.1 Å². The molecule has 1 unspecified atom stereocenters. The van der Waals surface area contributed by atoms with E-state index in [1.807, 2.05) is 37.3 Å². The molecular formula is C16H21N3O. The van der Waals surface area contributed by atoms with E-state index in [2.05, 4.69) is 24.1 Å². The Morgan fingerprint density at radius 3 is 2.75 bits per heavy atom. The molecule has 1 heterocycles. The molecule has 1 aromatic heterocycles. The lowest BCUT2D eigenvalue weighted by Gasteiger charge is -2.33. The fourth-order valence-corrected chi connectivity index (χ4v) is 2.06. The number of aromatic nitrogens is 1. The standard InChI is InChI=1S/C16H21N3O/c1-11(2)16(3,10-17)19-15(20)13-6-4-8-14-12(13)7-5-9-18-14/h4-9,11H,10,17H2,1-3H3,(H,19,20). The first-order chi connectivity index (χ1) is 9.48. The van der Waals surface area contributed by atoms with Crippen LogP contribution in [0.3, 0.4) is 0 Å². The van der Waals surface area contributed by atoms with Gasteiger partial charge in [0.15, 0.2) is 0 Å². The van der Waals surface area contributed by atoms with E-state index in [0.29, 0.717) is 12.1 Å². The molecule has 1 amide bonds. The Labute approximate surface area is 119 Å². The third kappa shape index (κ3) is 2.65. The molecule has 2 aromatic rings. The number of carbonyl (C=O) groups excluding carboxylic acids is 1. The smallest absolute Gasteiger partial charge is 0.252 e. The summed E-state index contributed by atoms with van der Waals surface area (Å²) in [5, 5.41) is 3.92. The number of hydrogen-bond acceptors (Lipinski definition) is 3. The topological polar surface area (TPSA) is 68.0 Å². The van der Waals surface area contributed by atoms with E-state index in [1.165, 1.54) is 0 Å². The van der Waals surface area contributed by atoms with Crippen LogP contribution in [0, 0.1) is 5.92 Å². The molecule has 0 aliphatic heterocycles. The molecule has 4 nitrogen and oxygen atoms in total. The average molecular weight is 271 g/mol. The number of benzene rings is 1. The van der Waals surface area contributed by atoms with Gasteiger partial charge in [-0.25, -0.2) is 0 Å². The summed E-state index contributed by atoms with van der Waals surface area (Å²) in [5.74, 6) is 0.148. The van der Waals surface area contributed by atoms with Crippen molar-refractivity contribution in [2.75, 3.05) is 6.54 Å². The quantitative estimate of drug-likeness (QED) is 0.897. The van der Waals surface area contributed by atoms with Crippen molar-refractivity contribution < 1.29 is 4.79 Å². The molecule has 1 aromatic carbocycles. The Kier molecular flexibility index (Phi) is 4.04. The Bertz CT molecular complexity index is 619. The van der Waals surface area contributed by atoms with Crippen LogP contribution < -0.4 is 11.1 Å². The van der Waals surface area contributed by atoms with Crippen molar-refractivity contribution in [1.29, 1.82) is 0 Å². The van der Waals surface area contributed by atoms with Crippen molar-refractivity contribution in [3.63, 3.8) is 0 Å². The number of pyridine rings is 1. The molecule has 4 heteroatoms. The molecule has 0 aliphatic rings. The van der Waals surface area contributed by atoms with Crippen LogP contribution in [0.15, 0.2) is 36.5 Å². The maximum absolute atomic E-state index is 12.5. The first-order valence-corrected chi connectivity index (χ1v) is 6.84. The first-order valence-electron chi connectivity index (χ1n) is 6.84. The van der Waals surface area contributed by atoms with E-state index >= 15 is 0 Å². The van der Waals surface area contributed by atoms with Gasteiger partial charge in [-0.15, -0.1) is 0 Å². The zero-order chi connectivity index (χ0) is 14.8. The van der Waals surface area contributed by atoms with Crippen LogP contribution in [0.5, 0.6) is 0 Å². The van der Waals surface area contributed by atoms with Crippen molar-refractivity contribution in [2.45, 2.75) is 26.3 Å². The van der Waals surface area contributed by atoms with Crippen LogP contribution >= 0.6 is 0 Å². The number of hydrogen-bond donors (Lipinski definition) is 2. The van der Waals surface area contributed by atoms with Gasteiger partial charge in [0, 0.05) is 23.7 Å². The number of nitrogens with one attached hydrogen (secondary N) is 1. The largest absolute Gasteiger partial charge is 0.345 e. The SMILES string of the molecule is CC(C)C(C)(CN)NC(=O)c1cccc2ncccc12. The Balaban J connectivity index is 2.37. The van der Waals surface area contributed by atoms with Crippen LogP contribution in [-0.4, -0.2) is 23.0 Å². The molecule has 106 valence electrons. The highest BCUT2D eigenvalue weighted by Gasteiger charge is 2.29. The molecule has 0 saturated carbocycles. The van der Waals surface area contributed by atoms with E-state index < -0.39 is 5.54 Å². The molecule has 2 rings (SSSR count). The van der Waals surface area contributed by atoms with Gasteiger partial charge in [-0.2, -0.15) is 0 Å². The second-order valence-electron chi connectivity index (χ2n) is 5.61. The third-order valence-corrected chi connectivity index (χ3v) is 3.99. The number of nitrogens with two attached hydrogens (primary N) is 1. The summed E-state index contributed by atoms with van der Waals surface area (Å²) in [6, 6.07) is 9.31. The van der Waals surface area contributed by atoms with Gasteiger partial charge in [-0.1, -0.05) is 26.0 Å². The minimum atomic E-state index is -0.415. The van der Waals surface area contributed by atoms with Gasteiger partial charge in [0.05, 0.1) is 11.1 Å². The summed E-state index contributed by atoms with van der Waals surface area (Å²) >= 11 is 0. The van der Waals surface area contributed by atoms with Crippen molar-refractivity contribution >= 4 is 16.8 Å². The fraction of sp³-hybridized carbons (Fsp3) is 0.375. The highest BCUT2D eigenvalue weighted by molar-refractivity contribution is 6.06. The van der Waals surface area contributed by atoms with Crippen molar-refractivity contribution in [3.05, 3.63) is 42.1 Å². The summed E-state index contributed by atoms with van der Waals surface area (Å²) in [6.07, 6.45) is 1.72. The summed E-state index contributed by atoms with van der Waals surface area (Å²) in [7, 11) is 0. The Hall–Kier alpha value is -1.94. The summed E-state index contributed by atoms with van der Waals surface area (Å²) in [4.78, 5) is 16.8. The van der Waals surface area contributed by atoms with E-state index in [-0.39, 0.29) is 11.8 Å². The van der Waals surface area contributed by atoms with Gasteiger partial charge < -0.3 is 11.1 Å². The highest BCUT2D eigenvalue weighted by atomic mass is 16.1. The third-order valence-electron chi connectivity index (χ3n) is 3.99. The van der Waals surface area contributed by atoms with Crippen molar-refractivity contribution in [3.8, 4) is 0 Å². The molecule has 0 bridgehead atoms. The lowest BCUT2D eigenvalue weighted by atomic mass is 9.88. The summed E-state index contributed by atoms with van der Waals surface area (Å²) in [5.41, 5.74) is 6.86. The van der Waals surface area contributed by atoms with E-state index in [0.717, 1.165) is 10.9 Å². The second kappa shape index (κ2) is 5.59.